The Hall–Kier alpha value is -0.120. The first-order valence-electron chi connectivity index (χ1n) is 5.35. The lowest BCUT2D eigenvalue weighted by molar-refractivity contribution is 0.163. The lowest BCUT2D eigenvalue weighted by atomic mass is 10.1. The number of hydrogen-bond acceptors (Lipinski definition) is 3. The van der Waals surface area contributed by atoms with Crippen LogP contribution in [0.1, 0.15) is 12.8 Å². The van der Waals surface area contributed by atoms with Gasteiger partial charge in [0.05, 0.1) is 6.61 Å². The van der Waals surface area contributed by atoms with Gasteiger partial charge in [0.1, 0.15) is 0 Å². The second-order valence-corrected chi connectivity index (χ2v) is 4.32. The Morgan fingerprint density at radius 1 is 1.46 bits per heavy atom. The SMILES string of the molecule is CN(CC1CCOC1)C1CCNC1. The summed E-state index contributed by atoms with van der Waals surface area (Å²) in [7, 11) is 2.25. The molecule has 2 rings (SSSR count). The first-order chi connectivity index (χ1) is 6.36. The van der Waals surface area contributed by atoms with Gasteiger partial charge in [0.2, 0.25) is 0 Å². The van der Waals surface area contributed by atoms with Crippen molar-refractivity contribution in [2.45, 2.75) is 18.9 Å². The quantitative estimate of drug-likeness (QED) is 0.683. The molecular weight excluding hydrogens is 164 g/mol. The number of ether oxygens (including phenoxy) is 1. The molecular formula is C10H20N2O. The van der Waals surface area contributed by atoms with Crippen LogP contribution in [0.4, 0.5) is 0 Å². The van der Waals surface area contributed by atoms with Crippen LogP contribution in [0, 0.1) is 5.92 Å². The smallest absolute Gasteiger partial charge is 0.0507 e. The minimum Gasteiger partial charge on any atom is -0.381 e. The average Bonchev–Trinajstić information content (AvgIpc) is 2.74. The van der Waals surface area contributed by atoms with Gasteiger partial charge in [-0.25, -0.2) is 0 Å². The van der Waals surface area contributed by atoms with Crippen molar-refractivity contribution in [3.63, 3.8) is 0 Å². The van der Waals surface area contributed by atoms with Gasteiger partial charge in [-0.2, -0.15) is 0 Å². The summed E-state index contributed by atoms with van der Waals surface area (Å²) in [5.74, 6) is 0.783. The molecule has 0 aromatic heterocycles. The largest absolute Gasteiger partial charge is 0.381 e. The van der Waals surface area contributed by atoms with Gasteiger partial charge >= 0.3 is 0 Å². The Morgan fingerprint density at radius 3 is 3.00 bits per heavy atom. The zero-order valence-corrected chi connectivity index (χ0v) is 8.46. The van der Waals surface area contributed by atoms with Gasteiger partial charge in [-0.05, 0) is 32.4 Å². The van der Waals surface area contributed by atoms with Gasteiger partial charge < -0.3 is 15.0 Å². The molecule has 1 N–H and O–H groups in total. The first-order valence-corrected chi connectivity index (χ1v) is 5.35. The van der Waals surface area contributed by atoms with Crippen LogP contribution in [0.3, 0.4) is 0 Å². The second-order valence-electron chi connectivity index (χ2n) is 4.32. The standard InChI is InChI=1S/C10H20N2O/c1-12(10-2-4-11-6-10)7-9-3-5-13-8-9/h9-11H,2-8H2,1H3. The molecule has 0 aromatic rings. The normalized spacial score (nSPS) is 34.6. The van der Waals surface area contributed by atoms with Crippen LogP contribution in [0.25, 0.3) is 0 Å². The van der Waals surface area contributed by atoms with Crippen molar-refractivity contribution in [1.29, 1.82) is 0 Å². The molecule has 2 fully saturated rings. The highest BCUT2D eigenvalue weighted by atomic mass is 16.5. The van der Waals surface area contributed by atoms with Crippen LogP contribution in [0.5, 0.6) is 0 Å². The molecule has 76 valence electrons. The lowest BCUT2D eigenvalue weighted by Gasteiger charge is -2.25. The summed E-state index contributed by atoms with van der Waals surface area (Å²) in [5.41, 5.74) is 0. The number of hydrogen-bond donors (Lipinski definition) is 1. The number of nitrogens with one attached hydrogen (secondary N) is 1. The molecule has 0 amide bonds. The van der Waals surface area contributed by atoms with Crippen LogP contribution >= 0.6 is 0 Å². The number of likely N-dealkylation sites (N-methyl/N-ethyl adjacent to an activating group) is 1. The highest BCUT2D eigenvalue weighted by Gasteiger charge is 2.23. The fourth-order valence-corrected chi connectivity index (χ4v) is 2.30. The number of nitrogens with zero attached hydrogens (tertiary/aromatic N) is 1. The minimum atomic E-state index is 0.764. The van der Waals surface area contributed by atoms with Crippen LogP contribution in [-0.2, 0) is 4.74 Å². The maximum atomic E-state index is 5.38. The molecule has 3 heteroatoms. The fourth-order valence-electron chi connectivity index (χ4n) is 2.30. The van der Waals surface area contributed by atoms with Gasteiger partial charge in [-0.1, -0.05) is 0 Å². The molecule has 2 heterocycles. The maximum Gasteiger partial charge on any atom is 0.0507 e. The summed E-state index contributed by atoms with van der Waals surface area (Å²) in [6.45, 7) is 5.53. The zero-order chi connectivity index (χ0) is 9.10. The average molecular weight is 184 g/mol. The highest BCUT2D eigenvalue weighted by Crippen LogP contribution is 2.16. The molecule has 2 atom stereocenters. The Balaban J connectivity index is 1.73. The molecule has 0 radical (unpaired) electrons. The third-order valence-corrected chi connectivity index (χ3v) is 3.23. The van der Waals surface area contributed by atoms with Gasteiger partial charge in [-0.15, -0.1) is 0 Å². The Bertz CT molecular complexity index is 151. The van der Waals surface area contributed by atoms with Crippen molar-refractivity contribution in [2.24, 2.45) is 5.92 Å². The van der Waals surface area contributed by atoms with E-state index in [2.05, 4.69) is 17.3 Å². The topological polar surface area (TPSA) is 24.5 Å². The molecule has 2 aliphatic heterocycles. The molecule has 2 aliphatic rings. The summed E-state index contributed by atoms with van der Waals surface area (Å²) in [5, 5.41) is 3.41. The van der Waals surface area contributed by atoms with E-state index in [1.165, 1.54) is 32.5 Å². The van der Waals surface area contributed by atoms with E-state index in [9.17, 15) is 0 Å². The molecule has 0 aromatic carbocycles. The van der Waals surface area contributed by atoms with Crippen molar-refractivity contribution < 1.29 is 4.74 Å². The summed E-state index contributed by atoms with van der Waals surface area (Å²) in [6.07, 6.45) is 2.56. The van der Waals surface area contributed by atoms with Crippen LogP contribution in [-0.4, -0.2) is 50.8 Å². The number of rotatable bonds is 3. The predicted octanol–water partition coefficient (Wildman–Crippen LogP) is 0.317. The van der Waals surface area contributed by atoms with Gasteiger partial charge in [-0.3, -0.25) is 0 Å². The Morgan fingerprint density at radius 2 is 2.38 bits per heavy atom. The van der Waals surface area contributed by atoms with Crippen molar-refractivity contribution >= 4 is 0 Å². The van der Waals surface area contributed by atoms with Gasteiger partial charge in [0.25, 0.3) is 0 Å². The van der Waals surface area contributed by atoms with E-state index < -0.39 is 0 Å². The third-order valence-electron chi connectivity index (χ3n) is 3.23. The molecule has 2 unspecified atom stereocenters. The predicted molar refractivity (Wildman–Crippen MR) is 52.8 cm³/mol. The molecule has 0 spiro atoms. The van der Waals surface area contributed by atoms with E-state index in [1.54, 1.807) is 0 Å². The van der Waals surface area contributed by atoms with E-state index in [-0.39, 0.29) is 0 Å². The highest BCUT2D eigenvalue weighted by molar-refractivity contribution is 4.80. The summed E-state index contributed by atoms with van der Waals surface area (Å²) >= 11 is 0. The van der Waals surface area contributed by atoms with Crippen molar-refractivity contribution in [1.82, 2.24) is 10.2 Å². The monoisotopic (exact) mass is 184 g/mol. The molecule has 13 heavy (non-hydrogen) atoms. The van der Waals surface area contributed by atoms with Crippen molar-refractivity contribution in [3.05, 3.63) is 0 Å². The van der Waals surface area contributed by atoms with Gasteiger partial charge in [0.15, 0.2) is 0 Å². The van der Waals surface area contributed by atoms with Crippen molar-refractivity contribution in [2.75, 3.05) is 39.9 Å². The zero-order valence-electron chi connectivity index (χ0n) is 8.46. The van der Waals surface area contributed by atoms with Crippen LogP contribution in [0.15, 0.2) is 0 Å². The van der Waals surface area contributed by atoms with Crippen LogP contribution in [0.2, 0.25) is 0 Å². The Kier molecular flexibility index (Phi) is 3.19. The van der Waals surface area contributed by atoms with E-state index in [1.807, 2.05) is 0 Å². The van der Waals surface area contributed by atoms with E-state index in [0.717, 1.165) is 25.2 Å². The van der Waals surface area contributed by atoms with Gasteiger partial charge in [0, 0.05) is 25.7 Å². The summed E-state index contributed by atoms with van der Waals surface area (Å²) < 4.78 is 5.38. The molecule has 0 aliphatic carbocycles. The molecule has 2 saturated heterocycles. The molecule has 0 bridgehead atoms. The third kappa shape index (κ3) is 2.42. The van der Waals surface area contributed by atoms with E-state index in [0.29, 0.717) is 0 Å². The van der Waals surface area contributed by atoms with Crippen molar-refractivity contribution in [3.8, 4) is 0 Å². The van der Waals surface area contributed by atoms with E-state index in [4.69, 9.17) is 4.74 Å². The maximum absolute atomic E-state index is 5.38. The molecule has 0 saturated carbocycles. The summed E-state index contributed by atoms with van der Waals surface area (Å²) in [6, 6.07) is 0.764. The lowest BCUT2D eigenvalue weighted by Crippen LogP contribution is -2.37. The first kappa shape index (κ1) is 9.44. The minimum absolute atomic E-state index is 0.764. The second kappa shape index (κ2) is 4.40. The van der Waals surface area contributed by atoms with E-state index >= 15 is 0 Å². The fraction of sp³-hybridized carbons (Fsp3) is 1.00. The Labute approximate surface area is 80.4 Å². The van der Waals surface area contributed by atoms with Crippen LogP contribution < -0.4 is 5.32 Å². The molecule has 3 nitrogen and oxygen atoms in total. The summed E-state index contributed by atoms with van der Waals surface area (Å²) in [4.78, 5) is 2.50.